The third-order valence-corrected chi connectivity index (χ3v) is 3.81. The molecule has 0 bridgehead atoms. The predicted octanol–water partition coefficient (Wildman–Crippen LogP) is 0.437. The molecule has 8 nitrogen and oxygen atoms in total. The van der Waals surface area contributed by atoms with Crippen molar-refractivity contribution in [2.24, 2.45) is 0 Å². The number of aromatic nitrogens is 6. The van der Waals surface area contributed by atoms with E-state index in [0.717, 1.165) is 31.1 Å². The molecule has 0 amide bonds. The van der Waals surface area contributed by atoms with E-state index in [0.29, 0.717) is 17.8 Å². The molecule has 0 atom stereocenters. The molecule has 1 saturated heterocycles. The van der Waals surface area contributed by atoms with Gasteiger partial charge in [-0.1, -0.05) is 0 Å². The van der Waals surface area contributed by atoms with Gasteiger partial charge in [-0.05, 0) is 6.92 Å². The Morgan fingerprint density at radius 1 is 1.20 bits per heavy atom. The summed E-state index contributed by atoms with van der Waals surface area (Å²) in [6.07, 6.45) is 3.05. The molecule has 106 valence electrons. The molecule has 20 heavy (non-hydrogen) atoms. The van der Waals surface area contributed by atoms with Crippen LogP contribution >= 0.6 is 11.8 Å². The van der Waals surface area contributed by atoms with Crippen LogP contribution in [0.25, 0.3) is 5.95 Å². The highest BCUT2D eigenvalue weighted by atomic mass is 32.2. The molecule has 3 rings (SSSR count). The van der Waals surface area contributed by atoms with Crippen LogP contribution in [0.3, 0.4) is 0 Å². The number of nitrogens with one attached hydrogen (secondary N) is 1. The summed E-state index contributed by atoms with van der Waals surface area (Å²) in [5.41, 5.74) is 0. The highest BCUT2D eigenvalue weighted by molar-refractivity contribution is 7.99. The molecule has 9 heteroatoms. The standard InChI is InChI=1S/C11H16N8S/c1-2-13-9-15-10(18-3-5-20-6-4-18)17-11(16-9)19-8-12-7-14-19/h7-8H,2-6H2,1H3,(H,13,15,16,17). The Morgan fingerprint density at radius 3 is 2.70 bits per heavy atom. The number of thioether (sulfide) groups is 1. The highest BCUT2D eigenvalue weighted by Crippen LogP contribution is 2.17. The smallest absolute Gasteiger partial charge is 0.258 e. The molecular formula is C11H16N8S. The van der Waals surface area contributed by atoms with Gasteiger partial charge in [0.2, 0.25) is 11.9 Å². The van der Waals surface area contributed by atoms with E-state index in [2.05, 4.69) is 35.3 Å². The van der Waals surface area contributed by atoms with Gasteiger partial charge >= 0.3 is 0 Å². The van der Waals surface area contributed by atoms with Gasteiger partial charge in [0.15, 0.2) is 0 Å². The maximum Gasteiger partial charge on any atom is 0.258 e. The molecule has 1 aliphatic heterocycles. The van der Waals surface area contributed by atoms with Crippen LogP contribution in [0, 0.1) is 0 Å². The highest BCUT2D eigenvalue weighted by Gasteiger charge is 2.17. The second-order valence-electron chi connectivity index (χ2n) is 4.23. The number of hydrogen-bond acceptors (Lipinski definition) is 8. The van der Waals surface area contributed by atoms with Crippen molar-refractivity contribution in [3.63, 3.8) is 0 Å². The average Bonchev–Trinajstić information content (AvgIpc) is 3.02. The van der Waals surface area contributed by atoms with Crippen molar-refractivity contribution in [3.05, 3.63) is 12.7 Å². The van der Waals surface area contributed by atoms with E-state index in [1.807, 2.05) is 18.7 Å². The van der Waals surface area contributed by atoms with Gasteiger partial charge in [0.05, 0.1) is 0 Å². The Labute approximate surface area is 121 Å². The van der Waals surface area contributed by atoms with Crippen LogP contribution in [-0.4, -0.2) is 60.9 Å². The number of rotatable bonds is 4. The quantitative estimate of drug-likeness (QED) is 0.869. The Balaban J connectivity index is 1.95. The van der Waals surface area contributed by atoms with Crippen molar-refractivity contribution in [2.75, 3.05) is 41.4 Å². The minimum atomic E-state index is 0.488. The van der Waals surface area contributed by atoms with Crippen LogP contribution in [-0.2, 0) is 0 Å². The summed E-state index contributed by atoms with van der Waals surface area (Å²) < 4.78 is 1.55. The summed E-state index contributed by atoms with van der Waals surface area (Å²) in [6.45, 7) is 4.68. The summed E-state index contributed by atoms with van der Waals surface area (Å²) >= 11 is 1.95. The van der Waals surface area contributed by atoms with Crippen molar-refractivity contribution in [1.29, 1.82) is 0 Å². The first kappa shape index (κ1) is 13.1. The minimum Gasteiger partial charge on any atom is -0.354 e. The second kappa shape index (κ2) is 6.04. The van der Waals surface area contributed by atoms with Crippen molar-refractivity contribution in [3.8, 4) is 5.95 Å². The lowest BCUT2D eigenvalue weighted by molar-refractivity contribution is 0.759. The molecule has 1 fully saturated rings. The molecular weight excluding hydrogens is 276 g/mol. The minimum absolute atomic E-state index is 0.488. The second-order valence-corrected chi connectivity index (χ2v) is 5.45. The molecule has 0 spiro atoms. The fourth-order valence-corrected chi connectivity index (χ4v) is 2.81. The van der Waals surface area contributed by atoms with Crippen molar-refractivity contribution in [2.45, 2.75) is 6.92 Å². The summed E-state index contributed by atoms with van der Waals surface area (Å²) in [5.74, 6) is 3.95. The first-order valence-electron chi connectivity index (χ1n) is 6.54. The molecule has 0 saturated carbocycles. The molecule has 2 aromatic rings. The van der Waals surface area contributed by atoms with Crippen LogP contribution in [0.15, 0.2) is 12.7 Å². The van der Waals surface area contributed by atoms with Gasteiger partial charge in [-0.2, -0.15) is 36.5 Å². The summed E-state index contributed by atoms with van der Waals surface area (Å²) in [6, 6.07) is 0. The van der Waals surface area contributed by atoms with Gasteiger partial charge in [-0.3, -0.25) is 0 Å². The third kappa shape index (κ3) is 2.82. The number of nitrogens with zero attached hydrogens (tertiary/aromatic N) is 7. The fraction of sp³-hybridized carbons (Fsp3) is 0.545. The molecule has 1 N–H and O–H groups in total. The van der Waals surface area contributed by atoms with Gasteiger partial charge < -0.3 is 10.2 Å². The maximum atomic E-state index is 4.50. The van der Waals surface area contributed by atoms with Gasteiger partial charge in [-0.25, -0.2) is 4.98 Å². The zero-order valence-electron chi connectivity index (χ0n) is 11.2. The van der Waals surface area contributed by atoms with Gasteiger partial charge in [0.1, 0.15) is 12.7 Å². The summed E-state index contributed by atoms with van der Waals surface area (Å²) in [4.78, 5) is 19.4. The van der Waals surface area contributed by atoms with Crippen molar-refractivity contribution >= 4 is 23.7 Å². The molecule has 0 aromatic carbocycles. The van der Waals surface area contributed by atoms with Gasteiger partial charge in [0.25, 0.3) is 5.95 Å². The fourth-order valence-electron chi connectivity index (χ4n) is 1.91. The summed E-state index contributed by atoms with van der Waals surface area (Å²) in [5, 5.41) is 7.21. The van der Waals surface area contributed by atoms with Crippen molar-refractivity contribution < 1.29 is 0 Å². The van der Waals surface area contributed by atoms with Crippen LogP contribution in [0.2, 0.25) is 0 Å². The lowest BCUT2D eigenvalue weighted by Crippen LogP contribution is -2.34. The predicted molar refractivity (Wildman–Crippen MR) is 78.4 cm³/mol. The van der Waals surface area contributed by atoms with Crippen molar-refractivity contribution in [1.82, 2.24) is 29.7 Å². The molecule has 0 aliphatic carbocycles. The van der Waals surface area contributed by atoms with Crippen LogP contribution in [0.5, 0.6) is 0 Å². The van der Waals surface area contributed by atoms with Gasteiger partial charge in [0, 0.05) is 31.1 Å². The molecule has 0 radical (unpaired) electrons. The van der Waals surface area contributed by atoms with E-state index in [1.165, 1.54) is 6.33 Å². The Hall–Kier alpha value is -1.90. The maximum absolute atomic E-state index is 4.50. The normalized spacial score (nSPS) is 15.3. The average molecular weight is 292 g/mol. The van der Waals surface area contributed by atoms with Crippen LogP contribution in [0.1, 0.15) is 6.92 Å². The number of anilines is 2. The van der Waals surface area contributed by atoms with E-state index in [9.17, 15) is 0 Å². The third-order valence-electron chi connectivity index (χ3n) is 2.86. The van der Waals surface area contributed by atoms with E-state index >= 15 is 0 Å². The first-order valence-corrected chi connectivity index (χ1v) is 7.70. The zero-order chi connectivity index (χ0) is 13.8. The Bertz CT molecular complexity index is 552. The van der Waals surface area contributed by atoms with E-state index in [-0.39, 0.29) is 0 Å². The Kier molecular flexibility index (Phi) is 3.95. The van der Waals surface area contributed by atoms with Crippen LogP contribution in [0.4, 0.5) is 11.9 Å². The first-order chi connectivity index (χ1) is 9.86. The molecule has 3 heterocycles. The molecule has 2 aromatic heterocycles. The SMILES string of the molecule is CCNc1nc(N2CCSCC2)nc(-n2cncn2)n1. The lowest BCUT2D eigenvalue weighted by Gasteiger charge is -2.26. The topological polar surface area (TPSA) is 84.7 Å². The van der Waals surface area contributed by atoms with Gasteiger partial charge in [-0.15, -0.1) is 0 Å². The zero-order valence-corrected chi connectivity index (χ0v) is 12.0. The monoisotopic (exact) mass is 292 g/mol. The van der Waals surface area contributed by atoms with E-state index in [4.69, 9.17) is 0 Å². The number of hydrogen-bond donors (Lipinski definition) is 1. The summed E-state index contributed by atoms with van der Waals surface area (Å²) in [7, 11) is 0. The molecule has 0 unspecified atom stereocenters. The van der Waals surface area contributed by atoms with E-state index < -0.39 is 0 Å². The molecule has 1 aliphatic rings. The largest absolute Gasteiger partial charge is 0.354 e. The van der Waals surface area contributed by atoms with Crippen LogP contribution < -0.4 is 10.2 Å². The van der Waals surface area contributed by atoms with E-state index in [1.54, 1.807) is 11.0 Å². The Morgan fingerprint density at radius 2 is 2.00 bits per heavy atom. The lowest BCUT2D eigenvalue weighted by atomic mass is 10.5.